The average Bonchev–Trinajstić information content (AvgIpc) is 2.59. The number of amides is 1. The van der Waals surface area contributed by atoms with Gasteiger partial charge in [0.05, 0.1) is 19.7 Å². The molecule has 0 unspecified atom stereocenters. The Morgan fingerprint density at radius 1 is 1.42 bits per heavy atom. The Balaban J connectivity index is 2.02. The third-order valence-electron chi connectivity index (χ3n) is 3.72. The fourth-order valence-corrected chi connectivity index (χ4v) is 2.36. The standard InChI is InChI=1S/C17H23N5O2/c1-4-22(12(2)17-19-9-8-15(18)21-17)11-16(23)20-13-6-5-7-14(10-13)24-3/h5-10,12H,4,11H2,1-3H3,(H,20,23)(H2,18,19,21)/t12-/m0/s1. The van der Waals surface area contributed by atoms with Crippen molar-refractivity contribution in [1.29, 1.82) is 0 Å². The number of nitrogens with one attached hydrogen (secondary N) is 1. The fraction of sp³-hybridized carbons (Fsp3) is 0.353. The van der Waals surface area contributed by atoms with Crippen LogP contribution in [-0.2, 0) is 4.79 Å². The number of hydrogen-bond acceptors (Lipinski definition) is 6. The van der Waals surface area contributed by atoms with E-state index in [9.17, 15) is 4.79 Å². The zero-order valence-corrected chi connectivity index (χ0v) is 14.2. The highest BCUT2D eigenvalue weighted by Crippen LogP contribution is 2.18. The van der Waals surface area contributed by atoms with Crippen LogP contribution < -0.4 is 15.8 Å². The summed E-state index contributed by atoms with van der Waals surface area (Å²) in [4.78, 5) is 22.8. The number of nitrogens with zero attached hydrogens (tertiary/aromatic N) is 3. The second-order valence-corrected chi connectivity index (χ2v) is 5.36. The molecule has 1 amide bonds. The Morgan fingerprint density at radius 3 is 2.88 bits per heavy atom. The van der Waals surface area contributed by atoms with Crippen molar-refractivity contribution in [3.63, 3.8) is 0 Å². The van der Waals surface area contributed by atoms with Gasteiger partial charge in [-0.05, 0) is 31.7 Å². The topological polar surface area (TPSA) is 93.4 Å². The Hall–Kier alpha value is -2.67. The van der Waals surface area contributed by atoms with Gasteiger partial charge in [-0.2, -0.15) is 0 Å². The van der Waals surface area contributed by atoms with Crippen LogP contribution >= 0.6 is 0 Å². The number of carbonyl (C=O) groups is 1. The van der Waals surface area contributed by atoms with Crippen molar-refractivity contribution in [3.05, 3.63) is 42.4 Å². The molecule has 0 saturated carbocycles. The minimum atomic E-state index is -0.116. The summed E-state index contributed by atoms with van der Waals surface area (Å²) >= 11 is 0. The van der Waals surface area contributed by atoms with Gasteiger partial charge in [-0.15, -0.1) is 0 Å². The normalized spacial score (nSPS) is 12.0. The Morgan fingerprint density at radius 2 is 2.21 bits per heavy atom. The molecule has 7 heteroatoms. The first kappa shape index (κ1) is 17.7. The van der Waals surface area contributed by atoms with Crippen LogP contribution in [-0.4, -0.2) is 41.0 Å². The molecule has 128 valence electrons. The van der Waals surface area contributed by atoms with Gasteiger partial charge in [0, 0.05) is 18.0 Å². The number of likely N-dealkylation sites (N-methyl/N-ethyl adjacent to an activating group) is 1. The Labute approximate surface area is 141 Å². The molecule has 2 rings (SSSR count). The number of anilines is 2. The van der Waals surface area contributed by atoms with E-state index in [2.05, 4.69) is 15.3 Å². The molecule has 24 heavy (non-hydrogen) atoms. The number of nitrogens with two attached hydrogens (primary N) is 1. The van der Waals surface area contributed by atoms with E-state index in [1.165, 1.54) is 0 Å². The zero-order valence-electron chi connectivity index (χ0n) is 14.2. The summed E-state index contributed by atoms with van der Waals surface area (Å²) in [6.07, 6.45) is 1.62. The smallest absolute Gasteiger partial charge is 0.238 e. The van der Waals surface area contributed by atoms with Crippen molar-refractivity contribution in [2.45, 2.75) is 19.9 Å². The number of carbonyl (C=O) groups excluding carboxylic acids is 1. The molecule has 0 bridgehead atoms. The maximum atomic E-state index is 12.3. The van der Waals surface area contributed by atoms with Gasteiger partial charge in [-0.25, -0.2) is 9.97 Å². The lowest BCUT2D eigenvalue weighted by molar-refractivity contribution is -0.117. The van der Waals surface area contributed by atoms with Gasteiger partial charge in [-0.1, -0.05) is 13.0 Å². The zero-order chi connectivity index (χ0) is 17.5. The van der Waals surface area contributed by atoms with Crippen LogP contribution in [0.25, 0.3) is 0 Å². The second kappa shape index (κ2) is 8.26. The molecular formula is C17H23N5O2. The quantitative estimate of drug-likeness (QED) is 0.808. The van der Waals surface area contributed by atoms with Crippen molar-refractivity contribution < 1.29 is 9.53 Å². The molecule has 0 spiro atoms. The molecular weight excluding hydrogens is 306 g/mol. The molecule has 0 radical (unpaired) electrons. The van der Waals surface area contributed by atoms with Gasteiger partial charge in [-0.3, -0.25) is 9.69 Å². The molecule has 1 aromatic carbocycles. The van der Waals surface area contributed by atoms with Gasteiger partial charge in [0.25, 0.3) is 0 Å². The van der Waals surface area contributed by atoms with Crippen molar-refractivity contribution in [1.82, 2.24) is 14.9 Å². The summed E-state index contributed by atoms with van der Waals surface area (Å²) in [6, 6.07) is 8.78. The molecule has 1 aromatic heterocycles. The van der Waals surface area contributed by atoms with Crippen LogP contribution in [0.1, 0.15) is 25.7 Å². The maximum absolute atomic E-state index is 12.3. The lowest BCUT2D eigenvalue weighted by atomic mass is 10.2. The molecule has 0 fully saturated rings. The van der Waals surface area contributed by atoms with Crippen molar-refractivity contribution in [2.75, 3.05) is 31.2 Å². The summed E-state index contributed by atoms with van der Waals surface area (Å²) in [6.45, 7) is 4.86. The Kier molecular flexibility index (Phi) is 6.08. The van der Waals surface area contributed by atoms with E-state index in [0.717, 1.165) is 0 Å². The van der Waals surface area contributed by atoms with E-state index < -0.39 is 0 Å². The molecule has 2 aromatic rings. The van der Waals surface area contributed by atoms with E-state index in [1.54, 1.807) is 25.4 Å². The monoisotopic (exact) mass is 329 g/mol. The van der Waals surface area contributed by atoms with Crippen LogP contribution in [0.5, 0.6) is 5.75 Å². The summed E-state index contributed by atoms with van der Waals surface area (Å²) in [7, 11) is 1.59. The van der Waals surface area contributed by atoms with E-state index >= 15 is 0 Å². The largest absolute Gasteiger partial charge is 0.497 e. The number of methoxy groups -OCH3 is 1. The van der Waals surface area contributed by atoms with E-state index in [-0.39, 0.29) is 18.5 Å². The number of nitrogen functional groups attached to an aromatic ring is 1. The molecule has 1 heterocycles. The molecule has 7 nitrogen and oxygen atoms in total. The highest BCUT2D eigenvalue weighted by Gasteiger charge is 2.19. The first-order valence-corrected chi connectivity index (χ1v) is 7.79. The van der Waals surface area contributed by atoms with E-state index in [4.69, 9.17) is 10.5 Å². The first-order valence-electron chi connectivity index (χ1n) is 7.79. The summed E-state index contributed by atoms with van der Waals surface area (Å²) in [5.74, 6) is 1.61. The van der Waals surface area contributed by atoms with Gasteiger partial charge >= 0.3 is 0 Å². The van der Waals surface area contributed by atoms with E-state index in [1.807, 2.05) is 36.9 Å². The van der Waals surface area contributed by atoms with Crippen molar-refractivity contribution in [2.24, 2.45) is 0 Å². The minimum Gasteiger partial charge on any atom is -0.497 e. The van der Waals surface area contributed by atoms with Gasteiger partial charge < -0.3 is 15.8 Å². The van der Waals surface area contributed by atoms with Crippen molar-refractivity contribution in [3.8, 4) is 5.75 Å². The van der Waals surface area contributed by atoms with Crippen LogP contribution in [0.15, 0.2) is 36.5 Å². The fourth-order valence-electron chi connectivity index (χ4n) is 2.36. The third-order valence-corrected chi connectivity index (χ3v) is 3.72. The van der Waals surface area contributed by atoms with Crippen LogP contribution in [0.4, 0.5) is 11.5 Å². The molecule has 0 aliphatic heterocycles. The first-order chi connectivity index (χ1) is 11.5. The second-order valence-electron chi connectivity index (χ2n) is 5.36. The molecule has 0 aliphatic carbocycles. The van der Waals surface area contributed by atoms with Crippen LogP contribution in [0, 0.1) is 0 Å². The number of rotatable bonds is 7. The number of ether oxygens (including phenoxy) is 1. The van der Waals surface area contributed by atoms with E-state index in [0.29, 0.717) is 29.6 Å². The molecule has 0 saturated heterocycles. The predicted octanol–water partition coefficient (Wildman–Crippen LogP) is 2.09. The van der Waals surface area contributed by atoms with Gasteiger partial charge in [0.1, 0.15) is 17.4 Å². The predicted molar refractivity (Wildman–Crippen MR) is 93.7 cm³/mol. The number of hydrogen-bond donors (Lipinski definition) is 2. The SMILES string of the molecule is CCN(CC(=O)Nc1cccc(OC)c1)[C@@H](C)c1nccc(N)n1. The van der Waals surface area contributed by atoms with Crippen LogP contribution in [0.3, 0.4) is 0 Å². The average molecular weight is 329 g/mol. The maximum Gasteiger partial charge on any atom is 0.238 e. The lowest BCUT2D eigenvalue weighted by Crippen LogP contribution is -2.35. The lowest BCUT2D eigenvalue weighted by Gasteiger charge is -2.26. The highest BCUT2D eigenvalue weighted by atomic mass is 16.5. The Bertz CT molecular complexity index is 692. The number of aromatic nitrogens is 2. The molecule has 1 atom stereocenters. The molecule has 3 N–H and O–H groups in total. The number of benzene rings is 1. The van der Waals surface area contributed by atoms with Gasteiger partial charge in [0.15, 0.2) is 0 Å². The summed E-state index contributed by atoms with van der Waals surface area (Å²) in [5.41, 5.74) is 6.41. The van der Waals surface area contributed by atoms with Crippen LogP contribution in [0.2, 0.25) is 0 Å². The molecule has 0 aliphatic rings. The highest BCUT2D eigenvalue weighted by molar-refractivity contribution is 5.92. The van der Waals surface area contributed by atoms with Gasteiger partial charge in [0.2, 0.25) is 5.91 Å². The summed E-state index contributed by atoms with van der Waals surface area (Å²) < 4.78 is 5.16. The third kappa shape index (κ3) is 4.66. The summed E-state index contributed by atoms with van der Waals surface area (Å²) in [5, 5.41) is 2.87. The minimum absolute atomic E-state index is 0.110. The van der Waals surface area contributed by atoms with Crippen molar-refractivity contribution >= 4 is 17.4 Å².